The molecule has 0 saturated carbocycles. The Labute approximate surface area is 131 Å². The lowest BCUT2D eigenvalue weighted by Gasteiger charge is -2.10. The fourth-order valence-electron chi connectivity index (χ4n) is 2.69. The molecule has 0 amide bonds. The number of benzene rings is 2. The molecular weight excluding hydrogens is 296 g/mol. The van der Waals surface area contributed by atoms with Gasteiger partial charge in [-0.25, -0.2) is 4.79 Å². The quantitative estimate of drug-likeness (QED) is 0.666. The zero-order valence-corrected chi connectivity index (χ0v) is 12.9. The van der Waals surface area contributed by atoms with Gasteiger partial charge in [0, 0.05) is 11.3 Å². The molecule has 0 radical (unpaired) electrons. The first-order chi connectivity index (χ1) is 10.7. The van der Waals surface area contributed by atoms with Gasteiger partial charge in [0.15, 0.2) is 5.44 Å². The molecule has 1 atom stereocenters. The predicted octanol–water partition coefficient (Wildman–Crippen LogP) is 4.15. The van der Waals surface area contributed by atoms with Crippen LogP contribution in [0.25, 0.3) is 11.0 Å². The Hall–Kier alpha value is -2.20. The minimum Gasteiger partial charge on any atom is -0.478 e. The van der Waals surface area contributed by atoms with Crippen LogP contribution >= 0.6 is 11.8 Å². The van der Waals surface area contributed by atoms with Crippen molar-refractivity contribution in [3.8, 4) is 5.75 Å². The second-order valence-electron chi connectivity index (χ2n) is 5.38. The Kier molecular flexibility index (Phi) is 3.19. The molecule has 2 heterocycles. The lowest BCUT2D eigenvalue weighted by atomic mass is 10.1. The molecular formula is C18H14O3S. The lowest BCUT2D eigenvalue weighted by Crippen LogP contribution is -2.09. The molecule has 110 valence electrons. The van der Waals surface area contributed by atoms with Gasteiger partial charge in [0.2, 0.25) is 0 Å². The van der Waals surface area contributed by atoms with Gasteiger partial charge < -0.3 is 9.15 Å². The van der Waals surface area contributed by atoms with E-state index < -0.39 is 0 Å². The number of thioether (sulfide) groups is 1. The summed E-state index contributed by atoms with van der Waals surface area (Å²) in [5, 5.41) is 0.880. The molecule has 0 aliphatic carbocycles. The topological polar surface area (TPSA) is 39.4 Å². The van der Waals surface area contributed by atoms with Crippen molar-refractivity contribution in [1.82, 2.24) is 0 Å². The van der Waals surface area contributed by atoms with Crippen LogP contribution in [0.2, 0.25) is 0 Å². The number of hydrogen-bond donors (Lipinski definition) is 0. The monoisotopic (exact) mass is 310 g/mol. The highest BCUT2D eigenvalue weighted by molar-refractivity contribution is 7.99. The Balaban J connectivity index is 1.74. The summed E-state index contributed by atoms with van der Waals surface area (Å²) in [4.78, 5) is 13.3. The van der Waals surface area contributed by atoms with Crippen molar-refractivity contribution in [3.05, 3.63) is 70.1 Å². The normalized spacial score (nSPS) is 16.5. The first-order valence-corrected chi connectivity index (χ1v) is 8.03. The first-order valence-electron chi connectivity index (χ1n) is 7.15. The molecule has 0 N–H and O–H groups in total. The Morgan fingerprint density at radius 3 is 2.77 bits per heavy atom. The van der Waals surface area contributed by atoms with E-state index in [0.29, 0.717) is 23.3 Å². The fourth-order valence-corrected chi connectivity index (χ4v) is 3.71. The lowest BCUT2D eigenvalue weighted by molar-refractivity contribution is 0.326. The van der Waals surface area contributed by atoms with Gasteiger partial charge in [-0.15, -0.1) is 0 Å². The minimum absolute atomic E-state index is 0.0913. The van der Waals surface area contributed by atoms with Gasteiger partial charge in [-0.2, -0.15) is 0 Å². The SMILES string of the molecule is Cc1ccc2oc(=O)c3c(c2c1)OC(Sc1ccccc1)C3. The molecule has 3 aromatic rings. The van der Waals surface area contributed by atoms with Gasteiger partial charge in [0.25, 0.3) is 0 Å². The Bertz CT molecular complexity index is 899. The van der Waals surface area contributed by atoms with E-state index in [0.717, 1.165) is 15.8 Å². The molecule has 2 aromatic carbocycles. The van der Waals surface area contributed by atoms with Crippen LogP contribution in [0.4, 0.5) is 0 Å². The van der Waals surface area contributed by atoms with Crippen molar-refractivity contribution in [2.75, 3.05) is 0 Å². The number of aryl methyl sites for hydroxylation is 1. The van der Waals surface area contributed by atoms with E-state index in [-0.39, 0.29) is 11.1 Å². The minimum atomic E-state index is -0.289. The molecule has 1 unspecified atom stereocenters. The molecule has 4 rings (SSSR count). The molecule has 1 aromatic heterocycles. The Morgan fingerprint density at radius 1 is 1.14 bits per heavy atom. The zero-order valence-electron chi connectivity index (χ0n) is 12.0. The number of hydrogen-bond acceptors (Lipinski definition) is 4. The maximum absolute atomic E-state index is 12.2. The van der Waals surface area contributed by atoms with Gasteiger partial charge in [-0.05, 0) is 31.2 Å². The van der Waals surface area contributed by atoms with Crippen molar-refractivity contribution in [3.63, 3.8) is 0 Å². The van der Waals surface area contributed by atoms with Crippen LogP contribution in [0.15, 0.2) is 62.6 Å². The van der Waals surface area contributed by atoms with Crippen molar-refractivity contribution < 1.29 is 9.15 Å². The van der Waals surface area contributed by atoms with Gasteiger partial charge in [0.05, 0.1) is 10.9 Å². The highest BCUT2D eigenvalue weighted by Crippen LogP contribution is 2.39. The van der Waals surface area contributed by atoms with Gasteiger partial charge >= 0.3 is 5.63 Å². The first kappa shape index (κ1) is 13.5. The number of fused-ring (bicyclic) bond motifs is 3. The van der Waals surface area contributed by atoms with Crippen LogP contribution < -0.4 is 10.4 Å². The maximum atomic E-state index is 12.2. The largest absolute Gasteiger partial charge is 0.478 e. The summed E-state index contributed by atoms with van der Waals surface area (Å²) in [6.45, 7) is 2.02. The van der Waals surface area contributed by atoms with Crippen LogP contribution in [-0.2, 0) is 6.42 Å². The number of rotatable bonds is 2. The second kappa shape index (κ2) is 5.21. The van der Waals surface area contributed by atoms with E-state index in [4.69, 9.17) is 9.15 Å². The van der Waals surface area contributed by atoms with Gasteiger partial charge in [0.1, 0.15) is 11.3 Å². The summed E-state index contributed by atoms with van der Waals surface area (Å²) in [6, 6.07) is 15.8. The molecule has 3 nitrogen and oxygen atoms in total. The van der Waals surface area contributed by atoms with E-state index >= 15 is 0 Å². The molecule has 0 fully saturated rings. The standard InChI is InChI=1S/C18H14O3S/c1-11-7-8-15-13(9-11)17-14(18(19)20-15)10-16(21-17)22-12-5-3-2-4-6-12/h2-9,16H,10H2,1H3. The molecule has 0 saturated heterocycles. The van der Waals surface area contributed by atoms with Crippen molar-refractivity contribution in [1.29, 1.82) is 0 Å². The molecule has 1 aliphatic rings. The van der Waals surface area contributed by atoms with Crippen molar-refractivity contribution >= 4 is 22.7 Å². The highest BCUT2D eigenvalue weighted by Gasteiger charge is 2.29. The molecule has 22 heavy (non-hydrogen) atoms. The van der Waals surface area contributed by atoms with Crippen molar-refractivity contribution in [2.24, 2.45) is 0 Å². The molecule has 4 heteroatoms. The molecule has 0 spiro atoms. The van der Waals surface area contributed by atoms with Gasteiger partial charge in [-0.1, -0.05) is 41.6 Å². The summed E-state index contributed by atoms with van der Waals surface area (Å²) in [5.41, 5.74) is 1.96. The maximum Gasteiger partial charge on any atom is 0.343 e. The summed E-state index contributed by atoms with van der Waals surface area (Å²) in [7, 11) is 0. The summed E-state index contributed by atoms with van der Waals surface area (Å²) >= 11 is 1.63. The molecule has 1 aliphatic heterocycles. The van der Waals surface area contributed by atoms with E-state index in [2.05, 4.69) is 0 Å². The van der Waals surface area contributed by atoms with Crippen LogP contribution in [-0.4, -0.2) is 5.44 Å². The fraction of sp³-hybridized carbons (Fsp3) is 0.167. The zero-order chi connectivity index (χ0) is 15.1. The second-order valence-corrected chi connectivity index (χ2v) is 6.61. The van der Waals surface area contributed by atoms with E-state index in [1.165, 1.54) is 0 Å². The molecule has 0 bridgehead atoms. The van der Waals surface area contributed by atoms with E-state index in [1.807, 2.05) is 55.5 Å². The smallest absolute Gasteiger partial charge is 0.343 e. The van der Waals surface area contributed by atoms with Crippen molar-refractivity contribution in [2.45, 2.75) is 23.7 Å². The van der Waals surface area contributed by atoms with Crippen LogP contribution in [0.1, 0.15) is 11.1 Å². The third-order valence-electron chi connectivity index (χ3n) is 3.73. The third kappa shape index (κ3) is 2.29. The van der Waals surface area contributed by atoms with Crippen LogP contribution in [0.3, 0.4) is 0 Å². The third-order valence-corrected chi connectivity index (χ3v) is 4.80. The number of ether oxygens (including phenoxy) is 1. The van der Waals surface area contributed by atoms with Crippen LogP contribution in [0.5, 0.6) is 5.75 Å². The summed E-state index contributed by atoms with van der Waals surface area (Å²) < 4.78 is 11.5. The van der Waals surface area contributed by atoms with Gasteiger partial charge in [-0.3, -0.25) is 0 Å². The van der Waals surface area contributed by atoms with E-state index in [1.54, 1.807) is 11.8 Å². The average molecular weight is 310 g/mol. The Morgan fingerprint density at radius 2 is 1.95 bits per heavy atom. The predicted molar refractivity (Wildman–Crippen MR) is 87.6 cm³/mol. The average Bonchev–Trinajstić information content (AvgIpc) is 2.94. The highest BCUT2D eigenvalue weighted by atomic mass is 32.2. The summed E-state index contributed by atoms with van der Waals surface area (Å²) in [6.07, 6.45) is 0.571. The van der Waals surface area contributed by atoms with Crippen LogP contribution in [0, 0.1) is 6.92 Å². The van der Waals surface area contributed by atoms with E-state index in [9.17, 15) is 4.79 Å². The summed E-state index contributed by atoms with van der Waals surface area (Å²) in [5.74, 6) is 0.684.